The molecule has 0 saturated carbocycles. The molecule has 0 radical (unpaired) electrons. The van der Waals surface area contributed by atoms with Crippen molar-refractivity contribution in [2.24, 2.45) is 0 Å². The van der Waals surface area contributed by atoms with Crippen molar-refractivity contribution in [1.29, 1.82) is 10.5 Å². The second kappa shape index (κ2) is 29.3. The monoisotopic (exact) mass is 1320 g/mol. The quantitative estimate of drug-likeness (QED) is 0.0498. The Morgan fingerprint density at radius 2 is 0.938 bits per heavy atom. The maximum atomic E-state index is 12.8. The zero-order chi connectivity index (χ0) is 67.6. The van der Waals surface area contributed by atoms with Crippen molar-refractivity contribution < 1.29 is 19.1 Å². The van der Waals surface area contributed by atoms with Crippen LogP contribution >= 0.6 is 11.6 Å². The SMILES string of the molecule is CC(C)(C)OC(=O)N1CCc2c(nc(-c3cncc(C#N)c3)nc2NCCc2c[nH]c3ccccc23)C1.CC(C)(C)OC(=O)N1CCc2c(nc(Cl)nc2NCCc2c[nH]c3ccccc23)C1.N#Cc1cncc(-c2nc3c(c(NCCc4c[nH]c5ccccc45)n2)CCNC3)c1. The van der Waals surface area contributed by atoms with Gasteiger partial charge in [0, 0.05) is 143 Å². The molecule has 2 amide bonds. The van der Waals surface area contributed by atoms with E-state index in [4.69, 9.17) is 41.0 Å². The highest BCUT2D eigenvalue weighted by Crippen LogP contribution is 2.32. The Morgan fingerprint density at radius 3 is 1.37 bits per heavy atom. The number of pyridine rings is 2. The van der Waals surface area contributed by atoms with Gasteiger partial charge in [0.25, 0.3) is 0 Å². The number of hydrogen-bond acceptors (Lipinski definition) is 18. The molecule has 7 N–H and O–H groups in total. The third-order valence-electron chi connectivity index (χ3n) is 16.7. The number of nitrogens with zero attached hydrogens (tertiary/aromatic N) is 12. The van der Waals surface area contributed by atoms with Crippen LogP contribution in [0, 0.1) is 22.7 Å². The Hall–Kier alpha value is -11.0. The summed E-state index contributed by atoms with van der Waals surface area (Å²) in [5.41, 5.74) is 14.1. The molecule has 0 unspecified atom stereocenters. The lowest BCUT2D eigenvalue weighted by Gasteiger charge is -2.31. The van der Waals surface area contributed by atoms with Crippen molar-refractivity contribution in [1.82, 2.24) is 69.9 Å². The molecule has 3 aliphatic heterocycles. The van der Waals surface area contributed by atoms with E-state index in [1.165, 1.54) is 44.6 Å². The first-order valence-electron chi connectivity index (χ1n) is 32.5. The van der Waals surface area contributed by atoms with Crippen LogP contribution in [0.1, 0.15) is 103 Å². The Kier molecular flexibility index (Phi) is 20.0. The molecule has 494 valence electrons. The van der Waals surface area contributed by atoms with E-state index in [1.54, 1.807) is 40.5 Å². The average molecular weight is 1320 g/mol. The summed E-state index contributed by atoms with van der Waals surface area (Å²) >= 11 is 6.17. The van der Waals surface area contributed by atoms with Gasteiger partial charge in [-0.15, -0.1) is 0 Å². The summed E-state index contributed by atoms with van der Waals surface area (Å²) in [7, 11) is 0. The van der Waals surface area contributed by atoms with E-state index in [0.717, 1.165) is 113 Å². The first kappa shape index (κ1) is 66.0. The van der Waals surface area contributed by atoms with Crippen LogP contribution in [0.25, 0.3) is 55.5 Å². The van der Waals surface area contributed by atoms with Crippen LogP contribution in [-0.2, 0) is 67.6 Å². The summed E-state index contributed by atoms with van der Waals surface area (Å²) in [6.07, 6.45) is 16.6. The van der Waals surface area contributed by atoms with Gasteiger partial charge in [-0.25, -0.2) is 39.5 Å². The molecule has 0 saturated heterocycles. The van der Waals surface area contributed by atoms with Gasteiger partial charge in [0.1, 0.15) is 40.8 Å². The number of nitrogens with one attached hydrogen (secondary N) is 7. The third kappa shape index (κ3) is 16.2. The first-order valence-corrected chi connectivity index (χ1v) is 32.9. The minimum Gasteiger partial charge on any atom is -0.444 e. The molecule has 11 aromatic rings. The lowest BCUT2D eigenvalue weighted by atomic mass is 10.0. The van der Waals surface area contributed by atoms with Gasteiger partial charge in [-0.2, -0.15) is 10.5 Å². The summed E-state index contributed by atoms with van der Waals surface area (Å²) in [5.74, 6) is 3.42. The molecule has 14 rings (SSSR count). The molecule has 0 spiro atoms. The van der Waals surface area contributed by atoms with Crippen molar-refractivity contribution in [3.63, 3.8) is 0 Å². The molecule has 0 aliphatic carbocycles. The molecule has 97 heavy (non-hydrogen) atoms. The third-order valence-corrected chi connectivity index (χ3v) is 16.8. The molecule has 8 aromatic heterocycles. The zero-order valence-corrected chi connectivity index (χ0v) is 55.9. The normalized spacial score (nSPS) is 13.4. The minimum absolute atomic E-state index is 0.175. The highest BCUT2D eigenvalue weighted by atomic mass is 35.5. The number of hydrogen-bond donors (Lipinski definition) is 7. The highest BCUT2D eigenvalue weighted by molar-refractivity contribution is 6.28. The topological polar surface area (TPSA) is 305 Å². The Bertz CT molecular complexity index is 4760. The number of anilines is 3. The Labute approximate surface area is 566 Å². The molecule has 0 bridgehead atoms. The molecule has 0 atom stereocenters. The number of amides is 2. The number of nitriles is 2. The van der Waals surface area contributed by atoms with Crippen molar-refractivity contribution in [3.05, 3.63) is 195 Å². The summed E-state index contributed by atoms with van der Waals surface area (Å²) in [6, 6.07) is 32.6. The highest BCUT2D eigenvalue weighted by Gasteiger charge is 2.31. The summed E-state index contributed by atoms with van der Waals surface area (Å²) in [5, 5.41) is 36.2. The maximum absolute atomic E-state index is 12.8. The summed E-state index contributed by atoms with van der Waals surface area (Å²) < 4.78 is 11.1. The van der Waals surface area contributed by atoms with Crippen LogP contribution < -0.4 is 21.3 Å². The van der Waals surface area contributed by atoms with E-state index >= 15 is 0 Å². The van der Waals surface area contributed by atoms with Crippen LogP contribution in [0.2, 0.25) is 5.28 Å². The smallest absolute Gasteiger partial charge is 0.410 e. The summed E-state index contributed by atoms with van der Waals surface area (Å²) in [6.45, 7) is 16.7. The van der Waals surface area contributed by atoms with Crippen LogP contribution in [0.3, 0.4) is 0 Å². The number of carbonyl (C=O) groups is 2. The van der Waals surface area contributed by atoms with Crippen LogP contribution in [0.5, 0.6) is 0 Å². The molecule has 0 fully saturated rings. The minimum atomic E-state index is -0.577. The second-order valence-electron chi connectivity index (χ2n) is 25.9. The molecular weight excluding hydrogens is 1240 g/mol. The number of fused-ring (bicyclic) bond motifs is 6. The average Bonchev–Trinajstić information content (AvgIpc) is 1.28. The summed E-state index contributed by atoms with van der Waals surface area (Å²) in [4.78, 5) is 74.7. The molecule has 11 heterocycles. The predicted molar refractivity (Wildman–Crippen MR) is 375 cm³/mol. The van der Waals surface area contributed by atoms with Gasteiger partial charge in [0.15, 0.2) is 11.6 Å². The maximum Gasteiger partial charge on any atom is 0.410 e. The fourth-order valence-electron chi connectivity index (χ4n) is 12.1. The van der Waals surface area contributed by atoms with Crippen LogP contribution in [0.15, 0.2) is 128 Å². The van der Waals surface area contributed by atoms with Gasteiger partial charge in [0.05, 0.1) is 41.3 Å². The van der Waals surface area contributed by atoms with E-state index in [0.29, 0.717) is 80.4 Å². The molecule has 24 heteroatoms. The second-order valence-corrected chi connectivity index (χ2v) is 26.2. The van der Waals surface area contributed by atoms with Crippen molar-refractivity contribution in [3.8, 4) is 34.9 Å². The van der Waals surface area contributed by atoms with Gasteiger partial charge in [-0.3, -0.25) is 9.97 Å². The van der Waals surface area contributed by atoms with Gasteiger partial charge in [0.2, 0.25) is 5.28 Å². The first-order chi connectivity index (χ1) is 46.9. The molecule has 23 nitrogen and oxygen atoms in total. The van der Waals surface area contributed by atoms with Crippen molar-refractivity contribution >= 4 is 73.9 Å². The fraction of sp³-hybridized carbons (Fsp3) is 0.315. The molecule has 3 aliphatic rings. The standard InChI is InChI=1S/C28H29N7O2.C23H21N7.C22H26ClN5O2/c1-28(2,3)37-27(36)35-11-9-22-24(17-35)33-25(20-12-18(13-29)14-30-15-20)34-26(22)31-10-8-19-16-32-23-7-5-4-6-21(19)23;24-10-15-9-17(12-26-11-15)22-29-21-14-25-7-6-19(21)23(30-22)27-8-5-16-13-28-20-4-2-1-3-18(16)20;1-22(2,3)30-21(29)28-11-9-16-18(13-28)26-20(23)27-19(16)24-10-8-14-12-25-17-7-5-4-6-15(14)17/h4-7,12,14-16,32H,8-11,17H2,1-3H3,(H,31,33,34);1-4,9,11-13,25,28H,5-8,14H2,(H,27,29,30);4-7,12,25H,8-11,13H2,1-3H3,(H,24,26,27). The lowest BCUT2D eigenvalue weighted by Crippen LogP contribution is -2.40. The number of H-pyrrole nitrogens is 3. The van der Waals surface area contributed by atoms with Crippen molar-refractivity contribution in [2.45, 2.75) is 111 Å². The van der Waals surface area contributed by atoms with Gasteiger partial charge >= 0.3 is 12.2 Å². The number of aromatic nitrogens is 11. The number of ether oxygens (including phenoxy) is 2. The number of para-hydroxylation sites is 3. The molecule has 3 aromatic carbocycles. The lowest BCUT2D eigenvalue weighted by molar-refractivity contribution is 0.0211. The number of halogens is 1. The van der Waals surface area contributed by atoms with Gasteiger partial charge < -0.3 is 55.5 Å². The number of benzene rings is 3. The van der Waals surface area contributed by atoms with E-state index in [-0.39, 0.29) is 17.5 Å². The zero-order valence-electron chi connectivity index (χ0n) is 55.1. The molecular formula is C73H76ClN19O4. The largest absolute Gasteiger partial charge is 0.444 e. The van der Waals surface area contributed by atoms with E-state index < -0.39 is 11.2 Å². The number of carbonyl (C=O) groups excluding carboxylic acids is 2. The van der Waals surface area contributed by atoms with E-state index in [1.807, 2.05) is 84.3 Å². The van der Waals surface area contributed by atoms with Gasteiger partial charge in [-0.1, -0.05) is 54.6 Å². The number of aromatic amines is 3. The van der Waals surface area contributed by atoms with E-state index in [2.05, 4.69) is 117 Å². The van der Waals surface area contributed by atoms with Gasteiger partial charge in [-0.05, 0) is 145 Å². The van der Waals surface area contributed by atoms with Crippen LogP contribution in [-0.4, -0.2) is 127 Å². The Morgan fingerprint density at radius 1 is 0.536 bits per heavy atom. The van der Waals surface area contributed by atoms with Crippen LogP contribution in [0.4, 0.5) is 27.0 Å². The Balaban J connectivity index is 0.000000140. The predicted octanol–water partition coefficient (Wildman–Crippen LogP) is 12.6. The number of rotatable bonds is 14. The van der Waals surface area contributed by atoms with Crippen molar-refractivity contribution in [2.75, 3.05) is 55.2 Å². The van der Waals surface area contributed by atoms with E-state index in [9.17, 15) is 20.1 Å². The fourth-order valence-corrected chi connectivity index (χ4v) is 12.2.